The fourth-order valence-electron chi connectivity index (χ4n) is 3.80. The number of benzene rings is 2. The monoisotopic (exact) mass is 408 g/mol. The number of carboxylic acids is 1. The van der Waals surface area contributed by atoms with Crippen LogP contribution in [0.4, 0.5) is 0 Å². The number of Topliss-reactive ketones (excluding diaryl/α,β-unsaturated/α-hetero) is 1. The second kappa shape index (κ2) is 9.07. The lowest BCUT2D eigenvalue weighted by Gasteiger charge is -2.40. The van der Waals surface area contributed by atoms with Crippen LogP contribution >= 0.6 is 0 Å². The summed E-state index contributed by atoms with van der Waals surface area (Å²) < 4.78 is 11.1. The molecule has 2 atom stereocenters. The van der Waals surface area contributed by atoms with Crippen molar-refractivity contribution in [2.24, 2.45) is 5.92 Å². The minimum atomic E-state index is -2.10. The minimum Gasteiger partial charge on any atom is -0.489 e. The standard InChI is InChI=1S/C24H24O6/c1-16(25)22-18(15-30-19-11-7-4-8-12-19)14-20(23(26)27)21(24(22,28)29-2)13-17-9-5-3-6-10-17/h3-12,14,21,28H,13,15H2,1-2H3,(H,26,27). The minimum absolute atomic E-state index is 0.00635. The van der Waals surface area contributed by atoms with Crippen molar-refractivity contribution < 1.29 is 29.3 Å². The summed E-state index contributed by atoms with van der Waals surface area (Å²) in [6.45, 7) is 1.24. The molecule has 1 aliphatic carbocycles. The van der Waals surface area contributed by atoms with E-state index < -0.39 is 23.5 Å². The Morgan fingerprint density at radius 2 is 1.63 bits per heavy atom. The number of carbonyl (C=O) groups excluding carboxylic acids is 1. The van der Waals surface area contributed by atoms with E-state index in [1.54, 1.807) is 24.3 Å². The molecule has 156 valence electrons. The van der Waals surface area contributed by atoms with E-state index in [0.29, 0.717) is 5.75 Å². The maximum absolute atomic E-state index is 12.5. The average Bonchev–Trinajstić information content (AvgIpc) is 2.74. The maximum atomic E-state index is 12.5. The van der Waals surface area contributed by atoms with Crippen LogP contribution in [0.25, 0.3) is 0 Å². The zero-order valence-corrected chi connectivity index (χ0v) is 16.9. The highest BCUT2D eigenvalue weighted by atomic mass is 16.6. The first kappa shape index (κ1) is 21.5. The van der Waals surface area contributed by atoms with Crippen molar-refractivity contribution in [3.63, 3.8) is 0 Å². The lowest BCUT2D eigenvalue weighted by molar-refractivity contribution is -0.190. The number of carboxylic acid groups (broad SMARTS) is 1. The van der Waals surface area contributed by atoms with Crippen LogP contribution in [-0.2, 0) is 20.7 Å². The number of aliphatic hydroxyl groups is 1. The van der Waals surface area contributed by atoms with Gasteiger partial charge >= 0.3 is 5.97 Å². The highest BCUT2D eigenvalue weighted by Crippen LogP contribution is 2.41. The molecule has 0 aliphatic heterocycles. The molecule has 0 saturated heterocycles. The van der Waals surface area contributed by atoms with Crippen molar-refractivity contribution in [2.45, 2.75) is 19.1 Å². The number of hydrogen-bond donors (Lipinski definition) is 2. The van der Waals surface area contributed by atoms with Crippen LogP contribution in [0.1, 0.15) is 12.5 Å². The molecule has 0 heterocycles. The Hall–Kier alpha value is -3.22. The van der Waals surface area contributed by atoms with Gasteiger partial charge in [-0.15, -0.1) is 0 Å². The van der Waals surface area contributed by atoms with Crippen LogP contribution in [0.3, 0.4) is 0 Å². The average molecular weight is 408 g/mol. The molecule has 0 spiro atoms. The van der Waals surface area contributed by atoms with E-state index in [1.807, 2.05) is 36.4 Å². The third-order valence-electron chi connectivity index (χ3n) is 5.19. The highest BCUT2D eigenvalue weighted by Gasteiger charge is 2.50. The van der Waals surface area contributed by atoms with Gasteiger partial charge in [-0.25, -0.2) is 4.79 Å². The third-order valence-corrected chi connectivity index (χ3v) is 5.19. The molecule has 2 aromatic carbocycles. The number of rotatable bonds is 8. The molecule has 0 fully saturated rings. The second-order valence-electron chi connectivity index (χ2n) is 7.11. The molecule has 2 aromatic rings. The fourth-order valence-corrected chi connectivity index (χ4v) is 3.80. The SMILES string of the molecule is COC1(O)C(C(C)=O)=C(COc2ccccc2)C=C(C(=O)O)C1Cc1ccccc1. The van der Waals surface area contributed by atoms with Crippen LogP contribution in [0.2, 0.25) is 0 Å². The predicted molar refractivity (Wildman–Crippen MR) is 111 cm³/mol. The molecule has 30 heavy (non-hydrogen) atoms. The van der Waals surface area contributed by atoms with Crippen LogP contribution in [0, 0.1) is 5.92 Å². The molecule has 3 rings (SSSR count). The second-order valence-corrected chi connectivity index (χ2v) is 7.11. The lowest BCUT2D eigenvalue weighted by Crippen LogP contribution is -2.49. The van der Waals surface area contributed by atoms with Gasteiger partial charge in [-0.2, -0.15) is 0 Å². The third kappa shape index (κ3) is 4.35. The molecule has 0 amide bonds. The Morgan fingerprint density at radius 3 is 2.17 bits per heavy atom. The quantitative estimate of drug-likeness (QED) is 0.652. The number of aliphatic carboxylic acids is 1. The summed E-state index contributed by atoms with van der Waals surface area (Å²) >= 11 is 0. The number of ether oxygens (including phenoxy) is 2. The smallest absolute Gasteiger partial charge is 0.332 e. The van der Waals surface area contributed by atoms with E-state index >= 15 is 0 Å². The lowest BCUT2D eigenvalue weighted by atomic mass is 9.74. The topological polar surface area (TPSA) is 93.1 Å². The van der Waals surface area contributed by atoms with Gasteiger partial charge in [0.05, 0.1) is 11.5 Å². The zero-order chi connectivity index (χ0) is 21.7. The van der Waals surface area contributed by atoms with Gasteiger partial charge in [-0.1, -0.05) is 48.5 Å². The van der Waals surface area contributed by atoms with Crippen molar-refractivity contribution in [3.05, 3.63) is 89.0 Å². The number of methoxy groups -OCH3 is 1. The molecule has 0 saturated carbocycles. The maximum Gasteiger partial charge on any atom is 0.332 e. The van der Waals surface area contributed by atoms with Gasteiger partial charge < -0.3 is 19.7 Å². The van der Waals surface area contributed by atoms with Crippen LogP contribution in [0.15, 0.2) is 83.5 Å². The largest absolute Gasteiger partial charge is 0.489 e. The van der Waals surface area contributed by atoms with Crippen molar-refractivity contribution in [1.29, 1.82) is 0 Å². The Balaban J connectivity index is 2.06. The molecule has 1 aliphatic rings. The summed E-state index contributed by atoms with van der Waals surface area (Å²) in [5.74, 6) is -4.11. The van der Waals surface area contributed by atoms with Gasteiger partial charge in [0, 0.05) is 18.3 Å². The summed E-state index contributed by atoms with van der Waals surface area (Å²) in [4.78, 5) is 24.6. The van der Waals surface area contributed by atoms with Gasteiger partial charge in [0.2, 0.25) is 5.79 Å². The zero-order valence-electron chi connectivity index (χ0n) is 16.9. The van der Waals surface area contributed by atoms with E-state index in [4.69, 9.17) is 9.47 Å². The van der Waals surface area contributed by atoms with Crippen molar-refractivity contribution in [2.75, 3.05) is 13.7 Å². The van der Waals surface area contributed by atoms with Crippen molar-refractivity contribution in [1.82, 2.24) is 0 Å². The van der Waals surface area contributed by atoms with E-state index in [9.17, 15) is 19.8 Å². The molecule has 0 bridgehead atoms. The van der Waals surface area contributed by atoms with Crippen LogP contribution in [0.5, 0.6) is 5.75 Å². The summed E-state index contributed by atoms with van der Waals surface area (Å²) in [6.07, 6.45) is 1.61. The molecule has 6 heteroatoms. The molecular formula is C24H24O6. The first-order valence-corrected chi connectivity index (χ1v) is 9.55. The summed E-state index contributed by atoms with van der Waals surface area (Å²) in [5.41, 5.74) is 1.06. The molecule has 2 N–H and O–H groups in total. The van der Waals surface area contributed by atoms with Crippen LogP contribution in [-0.4, -0.2) is 41.5 Å². The Labute approximate surface area is 175 Å². The van der Waals surface area contributed by atoms with E-state index in [1.165, 1.54) is 20.1 Å². The summed E-state index contributed by atoms with van der Waals surface area (Å²) in [6, 6.07) is 18.1. The number of carbonyl (C=O) groups is 2. The van der Waals surface area contributed by atoms with Gasteiger partial charge in [0.15, 0.2) is 5.78 Å². The van der Waals surface area contributed by atoms with Gasteiger partial charge in [0.1, 0.15) is 12.4 Å². The Kier molecular flexibility index (Phi) is 6.50. The van der Waals surface area contributed by atoms with E-state index in [-0.39, 0.29) is 29.7 Å². The van der Waals surface area contributed by atoms with Gasteiger partial charge in [-0.3, -0.25) is 4.79 Å². The predicted octanol–water partition coefficient (Wildman–Crippen LogP) is 3.17. The summed E-state index contributed by atoms with van der Waals surface area (Å²) in [7, 11) is 1.27. The van der Waals surface area contributed by atoms with Crippen LogP contribution < -0.4 is 4.74 Å². The number of ketones is 1. The number of para-hydroxylation sites is 1. The fraction of sp³-hybridized carbons (Fsp3) is 0.250. The normalized spacial score (nSPS) is 21.2. The molecule has 0 aromatic heterocycles. The number of hydrogen-bond acceptors (Lipinski definition) is 5. The highest BCUT2D eigenvalue weighted by molar-refractivity contribution is 5.99. The summed E-state index contributed by atoms with van der Waals surface area (Å²) in [5, 5.41) is 21.3. The van der Waals surface area contributed by atoms with Crippen molar-refractivity contribution >= 4 is 11.8 Å². The Bertz CT molecular complexity index is 977. The molecule has 6 nitrogen and oxygen atoms in total. The van der Waals surface area contributed by atoms with Gasteiger partial charge in [-0.05, 0) is 37.1 Å². The molecule has 2 unspecified atom stereocenters. The van der Waals surface area contributed by atoms with E-state index in [2.05, 4.69) is 0 Å². The van der Waals surface area contributed by atoms with Crippen molar-refractivity contribution in [3.8, 4) is 5.75 Å². The van der Waals surface area contributed by atoms with E-state index in [0.717, 1.165) is 5.56 Å². The first-order chi connectivity index (χ1) is 14.4. The molecule has 0 radical (unpaired) electrons. The Morgan fingerprint density at radius 1 is 1.03 bits per heavy atom. The van der Waals surface area contributed by atoms with Gasteiger partial charge in [0.25, 0.3) is 0 Å². The molecular weight excluding hydrogens is 384 g/mol. The first-order valence-electron chi connectivity index (χ1n) is 9.55.